The van der Waals surface area contributed by atoms with Crippen molar-refractivity contribution in [1.82, 2.24) is 0 Å². The van der Waals surface area contributed by atoms with E-state index >= 15 is 0 Å². The summed E-state index contributed by atoms with van der Waals surface area (Å²) >= 11 is 7.37. The van der Waals surface area contributed by atoms with Gasteiger partial charge < -0.3 is 9.84 Å². The molecule has 0 atom stereocenters. The number of halogens is 1. The molecule has 0 bridgehead atoms. The number of benzene rings is 2. The summed E-state index contributed by atoms with van der Waals surface area (Å²) in [7, 11) is 1.51. The van der Waals surface area contributed by atoms with Crippen molar-refractivity contribution in [2.24, 2.45) is 0 Å². The molecular weight excluding hydrogens is 296 g/mol. The molecule has 0 saturated heterocycles. The first-order chi connectivity index (χ1) is 9.51. The van der Waals surface area contributed by atoms with Crippen molar-refractivity contribution in [2.75, 3.05) is 7.11 Å². The number of carboxylic acids is 1. The van der Waals surface area contributed by atoms with Gasteiger partial charge >= 0.3 is 5.97 Å². The molecule has 0 unspecified atom stereocenters. The highest BCUT2D eigenvalue weighted by molar-refractivity contribution is 7.99. The number of aromatic carboxylic acids is 1. The number of hydrogen-bond acceptors (Lipinski definition) is 3. The predicted molar refractivity (Wildman–Crippen MR) is 80.3 cm³/mol. The maximum atomic E-state index is 11.3. The van der Waals surface area contributed by atoms with Crippen LogP contribution >= 0.6 is 23.4 Å². The van der Waals surface area contributed by atoms with Crippen LogP contribution in [0, 0.1) is 6.92 Å². The van der Waals surface area contributed by atoms with Crippen LogP contribution in [0.5, 0.6) is 5.75 Å². The summed E-state index contributed by atoms with van der Waals surface area (Å²) in [5.41, 5.74) is 1.26. The van der Waals surface area contributed by atoms with E-state index in [9.17, 15) is 9.90 Å². The highest BCUT2D eigenvalue weighted by Gasteiger charge is 2.13. The SMILES string of the molecule is COc1ccc(Sc2cc(Cl)ccc2C)c(C(=O)O)c1. The maximum absolute atomic E-state index is 11.3. The average molecular weight is 309 g/mol. The third-order valence-corrected chi connectivity index (χ3v) is 4.26. The smallest absolute Gasteiger partial charge is 0.336 e. The zero-order valence-electron chi connectivity index (χ0n) is 11.0. The summed E-state index contributed by atoms with van der Waals surface area (Å²) in [6, 6.07) is 10.6. The Morgan fingerprint density at radius 1 is 1.20 bits per heavy atom. The molecule has 20 heavy (non-hydrogen) atoms. The van der Waals surface area contributed by atoms with Crippen molar-refractivity contribution >= 4 is 29.3 Å². The van der Waals surface area contributed by atoms with Crippen LogP contribution in [0.1, 0.15) is 15.9 Å². The van der Waals surface area contributed by atoms with Gasteiger partial charge in [0, 0.05) is 14.8 Å². The molecule has 104 valence electrons. The molecule has 0 saturated carbocycles. The molecule has 0 spiro atoms. The number of ether oxygens (including phenoxy) is 1. The van der Waals surface area contributed by atoms with E-state index in [0.29, 0.717) is 15.7 Å². The van der Waals surface area contributed by atoms with E-state index in [1.165, 1.54) is 24.9 Å². The molecule has 0 heterocycles. The quantitative estimate of drug-likeness (QED) is 0.903. The summed E-state index contributed by atoms with van der Waals surface area (Å²) in [6.45, 7) is 1.96. The zero-order chi connectivity index (χ0) is 14.7. The number of hydrogen-bond donors (Lipinski definition) is 1. The second-order valence-electron chi connectivity index (χ2n) is 4.18. The average Bonchev–Trinajstić information content (AvgIpc) is 2.43. The summed E-state index contributed by atoms with van der Waals surface area (Å²) in [4.78, 5) is 12.9. The molecule has 0 aromatic heterocycles. The fourth-order valence-corrected chi connectivity index (χ4v) is 2.98. The van der Waals surface area contributed by atoms with Crippen LogP contribution in [0.3, 0.4) is 0 Å². The van der Waals surface area contributed by atoms with Crippen LogP contribution in [-0.2, 0) is 0 Å². The van der Waals surface area contributed by atoms with E-state index in [1.54, 1.807) is 12.1 Å². The second kappa shape index (κ2) is 6.20. The van der Waals surface area contributed by atoms with Gasteiger partial charge in [-0.25, -0.2) is 4.79 Å². The minimum Gasteiger partial charge on any atom is -0.497 e. The Balaban J connectivity index is 2.42. The molecule has 0 aliphatic heterocycles. The molecule has 0 fully saturated rings. The number of carboxylic acid groups (broad SMARTS) is 1. The number of rotatable bonds is 4. The zero-order valence-corrected chi connectivity index (χ0v) is 12.6. The minimum absolute atomic E-state index is 0.216. The van der Waals surface area contributed by atoms with Crippen molar-refractivity contribution in [1.29, 1.82) is 0 Å². The van der Waals surface area contributed by atoms with Gasteiger partial charge in [0.15, 0.2) is 0 Å². The first kappa shape index (κ1) is 14.8. The van der Waals surface area contributed by atoms with Crippen LogP contribution in [0.2, 0.25) is 5.02 Å². The molecular formula is C15H13ClO3S. The van der Waals surface area contributed by atoms with Crippen LogP contribution in [0.4, 0.5) is 0 Å². The molecule has 2 aromatic carbocycles. The first-order valence-electron chi connectivity index (χ1n) is 5.86. The highest BCUT2D eigenvalue weighted by atomic mass is 35.5. The largest absolute Gasteiger partial charge is 0.497 e. The van der Waals surface area contributed by atoms with E-state index in [1.807, 2.05) is 25.1 Å². The third-order valence-electron chi connectivity index (χ3n) is 2.79. The van der Waals surface area contributed by atoms with Gasteiger partial charge in [0.25, 0.3) is 0 Å². The molecule has 2 aromatic rings. The lowest BCUT2D eigenvalue weighted by Gasteiger charge is -2.10. The fraction of sp³-hybridized carbons (Fsp3) is 0.133. The number of carbonyl (C=O) groups is 1. The van der Waals surface area contributed by atoms with Gasteiger partial charge in [-0.05, 0) is 42.8 Å². The van der Waals surface area contributed by atoms with Crippen LogP contribution in [-0.4, -0.2) is 18.2 Å². The van der Waals surface area contributed by atoms with E-state index in [4.69, 9.17) is 16.3 Å². The Kier molecular flexibility index (Phi) is 4.57. The number of aryl methyl sites for hydroxylation is 1. The summed E-state index contributed by atoms with van der Waals surface area (Å²) in [6.07, 6.45) is 0. The number of methoxy groups -OCH3 is 1. The molecule has 0 aliphatic rings. The van der Waals surface area contributed by atoms with Crippen molar-refractivity contribution in [3.8, 4) is 5.75 Å². The Morgan fingerprint density at radius 3 is 2.60 bits per heavy atom. The van der Waals surface area contributed by atoms with Crippen molar-refractivity contribution in [2.45, 2.75) is 16.7 Å². The predicted octanol–water partition coefficient (Wildman–Crippen LogP) is 4.51. The molecule has 3 nitrogen and oxygen atoms in total. The first-order valence-corrected chi connectivity index (χ1v) is 7.06. The Labute approximate surface area is 126 Å². The van der Waals surface area contributed by atoms with Gasteiger partial charge in [-0.1, -0.05) is 29.4 Å². The van der Waals surface area contributed by atoms with Gasteiger partial charge in [-0.3, -0.25) is 0 Å². The summed E-state index contributed by atoms with van der Waals surface area (Å²) in [5, 5.41) is 9.92. The van der Waals surface area contributed by atoms with E-state index in [0.717, 1.165) is 10.5 Å². The lowest BCUT2D eigenvalue weighted by Crippen LogP contribution is -1.99. The second-order valence-corrected chi connectivity index (χ2v) is 5.70. The Bertz CT molecular complexity index is 656. The third kappa shape index (κ3) is 3.26. The Hall–Kier alpha value is -1.65. The van der Waals surface area contributed by atoms with Crippen LogP contribution < -0.4 is 4.74 Å². The van der Waals surface area contributed by atoms with E-state index < -0.39 is 5.97 Å². The standard InChI is InChI=1S/C15H13ClO3S/c1-9-3-4-10(16)7-14(9)20-13-6-5-11(19-2)8-12(13)15(17)18/h3-8H,1-2H3,(H,17,18). The van der Waals surface area contributed by atoms with Crippen molar-refractivity contribution in [3.63, 3.8) is 0 Å². The summed E-state index contributed by atoms with van der Waals surface area (Å²) in [5.74, 6) is -0.458. The monoisotopic (exact) mass is 308 g/mol. The van der Waals surface area contributed by atoms with E-state index in [-0.39, 0.29) is 5.56 Å². The van der Waals surface area contributed by atoms with Crippen LogP contribution in [0.15, 0.2) is 46.2 Å². The fourth-order valence-electron chi connectivity index (χ4n) is 1.69. The molecule has 0 amide bonds. The van der Waals surface area contributed by atoms with Gasteiger partial charge in [0.05, 0.1) is 12.7 Å². The molecule has 2 rings (SSSR count). The summed E-state index contributed by atoms with van der Waals surface area (Å²) < 4.78 is 5.06. The van der Waals surface area contributed by atoms with E-state index in [2.05, 4.69) is 0 Å². The molecule has 1 N–H and O–H groups in total. The van der Waals surface area contributed by atoms with Crippen molar-refractivity contribution in [3.05, 3.63) is 52.5 Å². The maximum Gasteiger partial charge on any atom is 0.336 e. The lowest BCUT2D eigenvalue weighted by atomic mass is 10.2. The lowest BCUT2D eigenvalue weighted by molar-refractivity contribution is 0.0692. The van der Waals surface area contributed by atoms with Crippen molar-refractivity contribution < 1.29 is 14.6 Å². The molecule has 5 heteroatoms. The topological polar surface area (TPSA) is 46.5 Å². The van der Waals surface area contributed by atoms with Crippen LogP contribution in [0.25, 0.3) is 0 Å². The normalized spacial score (nSPS) is 10.3. The Morgan fingerprint density at radius 2 is 1.95 bits per heavy atom. The van der Waals surface area contributed by atoms with Gasteiger partial charge in [0.2, 0.25) is 0 Å². The van der Waals surface area contributed by atoms with Gasteiger partial charge in [-0.2, -0.15) is 0 Å². The van der Waals surface area contributed by atoms with Gasteiger partial charge in [0.1, 0.15) is 5.75 Å². The molecule has 0 aliphatic carbocycles. The molecule has 0 radical (unpaired) electrons. The minimum atomic E-state index is -0.980. The highest BCUT2D eigenvalue weighted by Crippen LogP contribution is 2.35. The van der Waals surface area contributed by atoms with Gasteiger partial charge in [-0.15, -0.1) is 0 Å².